The number of carbonyl (C=O) groups excluding carboxylic acids is 1. The summed E-state index contributed by atoms with van der Waals surface area (Å²) in [7, 11) is -2.02. The van der Waals surface area contributed by atoms with Crippen molar-refractivity contribution in [2.24, 2.45) is 23.7 Å². The van der Waals surface area contributed by atoms with E-state index < -0.39 is 21.5 Å². The molecule has 260 valence electrons. The van der Waals surface area contributed by atoms with E-state index in [9.17, 15) is 13.2 Å². The van der Waals surface area contributed by atoms with E-state index in [1.807, 2.05) is 55.8 Å². The number of aryl methyl sites for hydroxylation is 1. The van der Waals surface area contributed by atoms with Crippen LogP contribution in [0.1, 0.15) is 67.4 Å². The number of hydrogen-bond donors (Lipinski definition) is 1. The third-order valence-electron chi connectivity index (χ3n) is 11.6. The minimum atomic E-state index is -3.88. The van der Waals surface area contributed by atoms with Crippen LogP contribution >= 0.6 is 35.1 Å². The summed E-state index contributed by atoms with van der Waals surface area (Å²) in [5.41, 5.74) is 3.01. The number of ether oxygens (including phenoxy) is 2. The van der Waals surface area contributed by atoms with Gasteiger partial charge < -0.3 is 14.4 Å². The van der Waals surface area contributed by atoms with Crippen LogP contribution < -0.4 is 14.4 Å². The number of sulfonamides is 1. The maximum absolute atomic E-state index is 13.5. The zero-order chi connectivity index (χ0) is 33.7. The summed E-state index contributed by atoms with van der Waals surface area (Å²) in [5.74, 6) is 2.65. The summed E-state index contributed by atoms with van der Waals surface area (Å²) in [6, 6.07) is 11.7. The van der Waals surface area contributed by atoms with Crippen molar-refractivity contribution in [2.45, 2.75) is 68.0 Å². The normalized spacial score (nSPS) is 34.5. The number of carbonyl (C=O) groups is 1. The fourth-order valence-electron chi connectivity index (χ4n) is 8.59. The number of fused-ring (bicyclic) bond motifs is 4. The number of benzene rings is 2. The first-order chi connectivity index (χ1) is 23.0. The van der Waals surface area contributed by atoms with Gasteiger partial charge in [-0.3, -0.25) is 4.79 Å². The summed E-state index contributed by atoms with van der Waals surface area (Å²) in [4.78, 5) is 15.9. The Morgan fingerprint density at radius 3 is 2.65 bits per heavy atom. The van der Waals surface area contributed by atoms with E-state index in [-0.39, 0.29) is 27.6 Å². The topological polar surface area (TPSA) is 84.9 Å². The molecule has 1 N–H and O–H groups in total. The van der Waals surface area contributed by atoms with Crippen molar-refractivity contribution < 1.29 is 22.7 Å². The number of amides is 1. The number of hydrogen-bond acceptors (Lipinski definition) is 8. The molecule has 2 aromatic carbocycles. The molecule has 1 spiro atoms. The molecule has 2 aromatic rings. The van der Waals surface area contributed by atoms with E-state index in [0.717, 1.165) is 73.2 Å². The number of methoxy groups -OCH3 is 1. The first kappa shape index (κ1) is 34.6. The first-order valence-corrected chi connectivity index (χ1v) is 21.5. The SMILES string of the molecule is CO[C@]1(C2SCCCS2)/C=C\[C@H](C)[C@H](C)CS(=O)(=O)NC(=O)c2ccc3c(c2)N(C[C@@H]2CC[C@H]21)C[C@@]1(CCCc2cc(Cl)ccc21)CO3. The molecule has 1 saturated carbocycles. The molecule has 1 amide bonds. The smallest absolute Gasteiger partial charge is 0.264 e. The van der Waals surface area contributed by atoms with Gasteiger partial charge in [0.05, 0.1) is 22.6 Å². The molecule has 1 saturated heterocycles. The van der Waals surface area contributed by atoms with Crippen LogP contribution in [-0.4, -0.2) is 68.6 Å². The van der Waals surface area contributed by atoms with E-state index in [2.05, 4.69) is 40.8 Å². The lowest BCUT2D eigenvalue weighted by molar-refractivity contribution is -0.0640. The van der Waals surface area contributed by atoms with E-state index in [0.29, 0.717) is 24.0 Å². The third kappa shape index (κ3) is 6.54. The molecule has 0 aromatic heterocycles. The van der Waals surface area contributed by atoms with Crippen molar-refractivity contribution in [3.05, 3.63) is 70.3 Å². The zero-order valence-corrected chi connectivity index (χ0v) is 31.3. The van der Waals surface area contributed by atoms with Gasteiger partial charge in [-0.2, -0.15) is 0 Å². The van der Waals surface area contributed by atoms with Gasteiger partial charge in [0.25, 0.3) is 5.91 Å². The summed E-state index contributed by atoms with van der Waals surface area (Å²) in [6.45, 7) is 6.06. The average molecular weight is 731 g/mol. The Hall–Kier alpha value is -1.85. The Kier molecular flexibility index (Phi) is 9.87. The van der Waals surface area contributed by atoms with Crippen molar-refractivity contribution in [3.63, 3.8) is 0 Å². The Morgan fingerprint density at radius 2 is 1.90 bits per heavy atom. The maximum atomic E-state index is 13.5. The fraction of sp³-hybridized carbons (Fsp3) is 0.595. The molecule has 0 unspecified atom stereocenters. The first-order valence-electron chi connectivity index (χ1n) is 17.4. The van der Waals surface area contributed by atoms with Gasteiger partial charge in [-0.05, 0) is 115 Å². The molecule has 5 aliphatic rings. The fourth-order valence-corrected chi connectivity index (χ4v) is 13.7. The second kappa shape index (κ2) is 13.7. The molecule has 2 aliphatic carbocycles. The second-order valence-corrected chi connectivity index (χ2v) is 19.6. The molecule has 6 atom stereocenters. The standard InChI is InChI=1S/C37H47ClN2O5S3/c1-24-13-15-37(44-3,35-46-16-5-17-47-35)31-10-7-28(31)20-40-22-36(14-4-6-26-18-29(38)9-11-30(26)36)23-45-33-12-8-27(19-32(33)40)34(41)39-48(42,43)21-25(24)2/h8-9,11-13,15,18-19,24-25,28,31,35H,4-7,10,14,16-17,20-23H2,1-3H3,(H,39,41)/b15-13-/t24-,25+,28-,31+,36-,37+/m0/s1. The lowest BCUT2D eigenvalue weighted by Crippen LogP contribution is -2.56. The van der Waals surface area contributed by atoms with Crippen molar-refractivity contribution in [1.82, 2.24) is 4.72 Å². The monoisotopic (exact) mass is 730 g/mol. The van der Waals surface area contributed by atoms with Crippen molar-refractivity contribution in [1.29, 1.82) is 0 Å². The highest BCUT2D eigenvalue weighted by atomic mass is 35.5. The largest absolute Gasteiger partial charge is 0.490 e. The van der Waals surface area contributed by atoms with Crippen molar-refractivity contribution in [3.8, 4) is 5.75 Å². The van der Waals surface area contributed by atoms with Crippen LogP contribution in [0.5, 0.6) is 5.75 Å². The number of nitrogens with one attached hydrogen (secondary N) is 1. The molecule has 48 heavy (non-hydrogen) atoms. The molecule has 2 bridgehead atoms. The summed E-state index contributed by atoms with van der Waals surface area (Å²) < 4.78 is 42.6. The molecule has 3 heterocycles. The zero-order valence-electron chi connectivity index (χ0n) is 28.1. The van der Waals surface area contributed by atoms with Gasteiger partial charge in [0, 0.05) is 36.2 Å². The van der Waals surface area contributed by atoms with Crippen LogP contribution in [0.3, 0.4) is 0 Å². The van der Waals surface area contributed by atoms with Crippen LogP contribution in [0.25, 0.3) is 0 Å². The third-order valence-corrected chi connectivity index (χ3v) is 16.5. The molecule has 3 aliphatic heterocycles. The van der Waals surface area contributed by atoms with E-state index in [1.54, 1.807) is 6.07 Å². The quantitative estimate of drug-likeness (QED) is 0.322. The molecule has 7 rings (SSSR count). The molecule has 7 nitrogen and oxygen atoms in total. The van der Waals surface area contributed by atoms with Crippen molar-refractivity contribution in [2.75, 3.05) is 49.0 Å². The van der Waals surface area contributed by atoms with Gasteiger partial charge >= 0.3 is 0 Å². The second-order valence-electron chi connectivity index (χ2n) is 14.6. The summed E-state index contributed by atoms with van der Waals surface area (Å²) >= 11 is 10.5. The van der Waals surface area contributed by atoms with Crippen LogP contribution in [0.2, 0.25) is 5.02 Å². The molecule has 2 fully saturated rings. The predicted octanol–water partition coefficient (Wildman–Crippen LogP) is 7.32. The Balaban J connectivity index is 1.34. The number of halogens is 1. The molecular weight excluding hydrogens is 684 g/mol. The highest BCUT2D eigenvalue weighted by Gasteiger charge is 2.53. The predicted molar refractivity (Wildman–Crippen MR) is 198 cm³/mol. The van der Waals surface area contributed by atoms with Gasteiger partial charge in [-0.1, -0.05) is 43.7 Å². The van der Waals surface area contributed by atoms with Gasteiger partial charge in [-0.15, -0.1) is 23.5 Å². The molecule has 0 radical (unpaired) electrons. The van der Waals surface area contributed by atoms with Gasteiger partial charge in [0.15, 0.2) is 0 Å². The minimum Gasteiger partial charge on any atom is -0.490 e. The van der Waals surface area contributed by atoms with Crippen molar-refractivity contribution >= 4 is 56.7 Å². The highest BCUT2D eigenvalue weighted by molar-refractivity contribution is 8.17. The van der Waals surface area contributed by atoms with Gasteiger partial charge in [-0.25, -0.2) is 13.1 Å². The van der Waals surface area contributed by atoms with Gasteiger partial charge in [0.2, 0.25) is 10.0 Å². The van der Waals surface area contributed by atoms with E-state index >= 15 is 0 Å². The lowest BCUT2D eigenvalue weighted by atomic mass is 9.64. The van der Waals surface area contributed by atoms with E-state index in [4.69, 9.17) is 21.1 Å². The van der Waals surface area contributed by atoms with Crippen LogP contribution in [-0.2, 0) is 26.6 Å². The molecule has 11 heteroatoms. The number of thioether (sulfide) groups is 2. The summed E-state index contributed by atoms with van der Waals surface area (Å²) in [5, 5.41) is 0.752. The van der Waals surface area contributed by atoms with Gasteiger partial charge in [0.1, 0.15) is 11.4 Å². The number of allylic oxidation sites excluding steroid dienone is 1. The number of rotatable bonds is 2. The maximum Gasteiger partial charge on any atom is 0.264 e. The minimum absolute atomic E-state index is 0.0235. The molecular formula is C37H47ClN2O5S3. The average Bonchev–Trinajstić information content (AvgIpc) is 3.21. The highest BCUT2D eigenvalue weighted by Crippen LogP contribution is 2.54. The lowest BCUT2D eigenvalue weighted by Gasteiger charge is -2.53. The Morgan fingerprint density at radius 1 is 1.08 bits per heavy atom. The van der Waals surface area contributed by atoms with Crippen LogP contribution in [0.4, 0.5) is 5.69 Å². The van der Waals surface area contributed by atoms with Crippen LogP contribution in [0, 0.1) is 23.7 Å². The summed E-state index contributed by atoms with van der Waals surface area (Å²) in [6.07, 6.45) is 10.9. The Labute approximate surface area is 299 Å². The Bertz CT molecular complexity index is 1680. The number of anilines is 1. The van der Waals surface area contributed by atoms with Crippen LogP contribution in [0.15, 0.2) is 48.6 Å². The number of nitrogens with zero attached hydrogens (tertiary/aromatic N) is 1. The van der Waals surface area contributed by atoms with E-state index in [1.165, 1.54) is 17.5 Å².